The van der Waals surface area contributed by atoms with Crippen molar-refractivity contribution in [3.05, 3.63) is 59.7 Å². The highest BCUT2D eigenvalue weighted by atomic mass is 16.5. The third kappa shape index (κ3) is 6.34. The van der Waals surface area contributed by atoms with Gasteiger partial charge in [0.1, 0.15) is 0 Å². The van der Waals surface area contributed by atoms with Gasteiger partial charge in [-0.2, -0.15) is 0 Å². The second-order valence-electron chi connectivity index (χ2n) is 10.8. The Morgan fingerprint density at radius 3 is 2.44 bits per heavy atom. The van der Waals surface area contributed by atoms with E-state index >= 15 is 0 Å². The number of ether oxygens (including phenoxy) is 3. The first-order chi connectivity index (χ1) is 16.5. The molecule has 0 bridgehead atoms. The quantitative estimate of drug-likeness (QED) is 0.328. The highest BCUT2D eigenvalue weighted by molar-refractivity contribution is 5.43. The Balaban J connectivity index is 1.40. The Morgan fingerprint density at radius 1 is 0.971 bits per heavy atom. The maximum Gasteiger partial charge on any atom is 0.161 e. The van der Waals surface area contributed by atoms with Crippen LogP contribution in [0.1, 0.15) is 50.7 Å². The molecule has 0 radical (unpaired) electrons. The van der Waals surface area contributed by atoms with Crippen LogP contribution in [0.15, 0.2) is 48.5 Å². The van der Waals surface area contributed by atoms with Crippen LogP contribution in [-0.4, -0.2) is 45.4 Å². The zero-order chi connectivity index (χ0) is 24.0. The molecule has 0 unspecified atom stereocenters. The first-order valence-corrected chi connectivity index (χ1v) is 13.1. The molecule has 4 rings (SSSR count). The van der Waals surface area contributed by atoms with Crippen LogP contribution in [0.5, 0.6) is 11.5 Å². The van der Waals surface area contributed by atoms with Gasteiger partial charge in [-0.3, -0.25) is 4.90 Å². The summed E-state index contributed by atoms with van der Waals surface area (Å²) in [6.45, 7) is 9.76. The summed E-state index contributed by atoms with van der Waals surface area (Å²) in [4.78, 5) is 2.71. The monoisotopic (exact) mass is 465 g/mol. The standard InChI is InChI=1S/C30H43NO3/c1-23(2)26(17-25-11-12-28(33-4)29(18-25)34-16-8-15-32-3)19-27-21-31(22-30(27)13-14-30)20-24-9-6-5-7-10-24/h5-7,9-12,18,23,26-27H,8,13-17,19-22H2,1-4H3/t26-,27+/m0/s1. The summed E-state index contributed by atoms with van der Waals surface area (Å²) in [5, 5.41) is 0. The summed E-state index contributed by atoms with van der Waals surface area (Å²) in [6.07, 6.45) is 6.12. The van der Waals surface area contributed by atoms with Gasteiger partial charge in [-0.05, 0) is 72.1 Å². The molecule has 2 atom stereocenters. The van der Waals surface area contributed by atoms with Gasteiger partial charge in [-0.1, -0.05) is 50.2 Å². The molecule has 1 heterocycles. The Bertz CT molecular complexity index is 893. The number of methoxy groups -OCH3 is 2. The normalized spacial score (nSPS) is 20.1. The van der Waals surface area contributed by atoms with Crippen LogP contribution in [0.2, 0.25) is 0 Å². The maximum atomic E-state index is 6.05. The summed E-state index contributed by atoms with van der Waals surface area (Å²) in [5.41, 5.74) is 3.37. The Kier molecular flexibility index (Phi) is 8.55. The maximum absolute atomic E-state index is 6.05. The first kappa shape index (κ1) is 25.1. The minimum absolute atomic E-state index is 0.581. The van der Waals surface area contributed by atoms with Crippen LogP contribution in [0.4, 0.5) is 0 Å². The highest BCUT2D eigenvalue weighted by Crippen LogP contribution is 2.58. The van der Waals surface area contributed by atoms with Crippen molar-refractivity contribution >= 4 is 0 Å². The molecule has 34 heavy (non-hydrogen) atoms. The zero-order valence-corrected chi connectivity index (χ0v) is 21.6. The van der Waals surface area contributed by atoms with Gasteiger partial charge in [-0.25, -0.2) is 0 Å². The van der Waals surface area contributed by atoms with Crippen molar-refractivity contribution in [1.82, 2.24) is 4.90 Å². The molecule has 4 heteroatoms. The van der Waals surface area contributed by atoms with Gasteiger partial charge in [0, 0.05) is 39.8 Å². The zero-order valence-electron chi connectivity index (χ0n) is 21.6. The lowest BCUT2D eigenvalue weighted by Gasteiger charge is -2.27. The summed E-state index contributed by atoms with van der Waals surface area (Å²) in [7, 11) is 3.44. The summed E-state index contributed by atoms with van der Waals surface area (Å²) in [5.74, 6) is 3.81. The molecule has 0 amide bonds. The third-order valence-corrected chi connectivity index (χ3v) is 8.03. The predicted molar refractivity (Wildman–Crippen MR) is 139 cm³/mol. The van der Waals surface area contributed by atoms with Crippen LogP contribution in [-0.2, 0) is 17.7 Å². The number of hydrogen-bond acceptors (Lipinski definition) is 4. The molecule has 0 N–H and O–H groups in total. The molecule has 4 nitrogen and oxygen atoms in total. The molecule has 1 saturated heterocycles. The molecule has 2 aromatic carbocycles. The van der Waals surface area contributed by atoms with Gasteiger partial charge in [-0.15, -0.1) is 0 Å². The van der Waals surface area contributed by atoms with Gasteiger partial charge in [0.05, 0.1) is 13.7 Å². The average molecular weight is 466 g/mol. The molecule has 0 aromatic heterocycles. The fraction of sp³-hybridized carbons (Fsp3) is 0.600. The summed E-state index contributed by atoms with van der Waals surface area (Å²) in [6, 6.07) is 17.5. The second kappa shape index (κ2) is 11.6. The van der Waals surface area contributed by atoms with E-state index < -0.39 is 0 Å². The van der Waals surface area contributed by atoms with Crippen LogP contribution in [0.3, 0.4) is 0 Å². The molecule has 2 aliphatic rings. The SMILES string of the molecule is COCCCOc1cc(C[C@@H](C[C@@H]2CN(Cc3ccccc3)CC23CC3)C(C)C)ccc1OC. The van der Waals surface area contributed by atoms with E-state index in [-0.39, 0.29) is 0 Å². The fourth-order valence-electron chi connectivity index (χ4n) is 5.76. The van der Waals surface area contributed by atoms with Crippen molar-refractivity contribution < 1.29 is 14.2 Å². The lowest BCUT2D eigenvalue weighted by Crippen LogP contribution is -2.23. The third-order valence-electron chi connectivity index (χ3n) is 8.03. The Labute approximate surface area is 206 Å². The van der Waals surface area contributed by atoms with Crippen molar-refractivity contribution in [1.29, 1.82) is 0 Å². The van der Waals surface area contributed by atoms with Gasteiger partial charge < -0.3 is 14.2 Å². The molecule has 1 aliphatic carbocycles. The van der Waals surface area contributed by atoms with Gasteiger partial charge in [0.15, 0.2) is 11.5 Å². The van der Waals surface area contributed by atoms with Crippen molar-refractivity contribution in [3.8, 4) is 11.5 Å². The lowest BCUT2D eigenvalue weighted by molar-refractivity contribution is 0.170. The number of nitrogens with zero attached hydrogens (tertiary/aromatic N) is 1. The van der Waals surface area contributed by atoms with E-state index in [4.69, 9.17) is 14.2 Å². The molecule has 1 spiro atoms. The second-order valence-corrected chi connectivity index (χ2v) is 10.8. The smallest absolute Gasteiger partial charge is 0.161 e. The van der Waals surface area contributed by atoms with Gasteiger partial charge in [0.25, 0.3) is 0 Å². The summed E-state index contributed by atoms with van der Waals surface area (Å²) < 4.78 is 16.8. The number of likely N-dealkylation sites (tertiary alicyclic amines) is 1. The van der Waals surface area contributed by atoms with E-state index in [1.54, 1.807) is 14.2 Å². The molecule has 2 fully saturated rings. The van der Waals surface area contributed by atoms with E-state index in [0.29, 0.717) is 30.5 Å². The summed E-state index contributed by atoms with van der Waals surface area (Å²) >= 11 is 0. The molecular weight excluding hydrogens is 422 g/mol. The van der Waals surface area contributed by atoms with Crippen molar-refractivity contribution in [2.45, 2.75) is 52.5 Å². The van der Waals surface area contributed by atoms with Gasteiger partial charge in [0.2, 0.25) is 0 Å². The van der Waals surface area contributed by atoms with Crippen molar-refractivity contribution in [2.75, 3.05) is 40.5 Å². The number of benzene rings is 2. The number of hydrogen-bond donors (Lipinski definition) is 0. The minimum Gasteiger partial charge on any atom is -0.493 e. The minimum atomic E-state index is 0.581. The first-order valence-electron chi connectivity index (χ1n) is 13.1. The molecule has 186 valence electrons. The van der Waals surface area contributed by atoms with Crippen LogP contribution in [0, 0.1) is 23.2 Å². The molecule has 2 aromatic rings. The molecule has 1 aliphatic heterocycles. The van der Waals surface area contributed by atoms with Crippen LogP contribution in [0.25, 0.3) is 0 Å². The van der Waals surface area contributed by atoms with Crippen molar-refractivity contribution in [3.63, 3.8) is 0 Å². The predicted octanol–water partition coefficient (Wildman–Crippen LogP) is 6.23. The largest absolute Gasteiger partial charge is 0.493 e. The lowest BCUT2D eigenvalue weighted by atomic mass is 9.77. The van der Waals surface area contributed by atoms with E-state index in [1.807, 2.05) is 0 Å². The molecule has 1 saturated carbocycles. The Hall–Kier alpha value is -2.04. The topological polar surface area (TPSA) is 30.9 Å². The average Bonchev–Trinajstić information content (AvgIpc) is 3.54. The van der Waals surface area contributed by atoms with Crippen LogP contribution >= 0.6 is 0 Å². The van der Waals surface area contributed by atoms with E-state index in [0.717, 1.165) is 36.8 Å². The van der Waals surface area contributed by atoms with E-state index in [2.05, 4.69) is 67.3 Å². The molecular formula is C30H43NO3. The van der Waals surface area contributed by atoms with E-state index in [9.17, 15) is 0 Å². The Morgan fingerprint density at radius 2 is 1.76 bits per heavy atom. The van der Waals surface area contributed by atoms with Crippen molar-refractivity contribution in [2.24, 2.45) is 23.2 Å². The fourth-order valence-corrected chi connectivity index (χ4v) is 5.76. The van der Waals surface area contributed by atoms with Crippen LogP contribution < -0.4 is 9.47 Å². The van der Waals surface area contributed by atoms with E-state index in [1.165, 1.54) is 43.5 Å². The highest BCUT2D eigenvalue weighted by Gasteiger charge is 2.54. The number of rotatable bonds is 13. The van der Waals surface area contributed by atoms with Gasteiger partial charge >= 0.3 is 0 Å².